The minimum Gasteiger partial charge on any atom is -0.338 e. The molecule has 2 amide bonds. The van der Waals surface area contributed by atoms with Crippen molar-refractivity contribution in [1.82, 2.24) is 10.2 Å². The number of hydrogen-bond donors (Lipinski definition) is 1. The predicted molar refractivity (Wildman–Crippen MR) is 76.8 cm³/mol. The lowest BCUT2D eigenvalue weighted by Crippen LogP contribution is -2.57. The molecule has 0 radical (unpaired) electrons. The largest absolute Gasteiger partial charge is 0.338 e. The van der Waals surface area contributed by atoms with Crippen LogP contribution in [0.2, 0.25) is 0 Å². The van der Waals surface area contributed by atoms with Crippen LogP contribution in [0.25, 0.3) is 0 Å². The minimum absolute atomic E-state index is 0.0652. The summed E-state index contributed by atoms with van der Waals surface area (Å²) in [7, 11) is 0. The van der Waals surface area contributed by atoms with Crippen LogP contribution in [0.4, 0.5) is 4.79 Å². The van der Waals surface area contributed by atoms with Crippen molar-refractivity contribution in [2.24, 2.45) is 0 Å². The van der Waals surface area contributed by atoms with Crippen LogP contribution in [0.15, 0.2) is 0 Å². The first kappa shape index (κ1) is 15.3. The first-order valence-corrected chi connectivity index (χ1v) is 7.69. The molecule has 1 atom stereocenters. The highest BCUT2D eigenvalue weighted by Gasteiger charge is 2.35. The molecule has 0 bridgehead atoms. The van der Waals surface area contributed by atoms with E-state index in [1.165, 1.54) is 32.1 Å². The molecule has 3 heteroatoms. The van der Waals surface area contributed by atoms with Gasteiger partial charge in [0.2, 0.25) is 0 Å². The molecule has 3 nitrogen and oxygen atoms in total. The highest BCUT2D eigenvalue weighted by molar-refractivity contribution is 5.75. The average Bonchev–Trinajstić information content (AvgIpc) is 2.37. The van der Waals surface area contributed by atoms with Crippen molar-refractivity contribution in [3.05, 3.63) is 0 Å². The summed E-state index contributed by atoms with van der Waals surface area (Å²) in [5.74, 6) is 0. The Kier molecular flexibility index (Phi) is 6.51. The van der Waals surface area contributed by atoms with E-state index in [0.717, 1.165) is 32.4 Å². The molecule has 1 rings (SSSR count). The number of nitrogens with one attached hydrogen (secondary N) is 1. The molecule has 0 aliphatic carbocycles. The van der Waals surface area contributed by atoms with Crippen LogP contribution in [0.3, 0.4) is 0 Å². The lowest BCUT2D eigenvalue weighted by atomic mass is 9.86. The molecular weight excluding hydrogens is 224 g/mol. The smallest absolute Gasteiger partial charge is 0.317 e. The quantitative estimate of drug-likeness (QED) is 0.654. The van der Waals surface area contributed by atoms with Gasteiger partial charge in [0.15, 0.2) is 0 Å². The average molecular weight is 254 g/mol. The highest BCUT2D eigenvalue weighted by atomic mass is 16.2. The first-order chi connectivity index (χ1) is 8.64. The van der Waals surface area contributed by atoms with Crippen molar-refractivity contribution >= 4 is 6.03 Å². The maximum absolute atomic E-state index is 12.1. The Balaban J connectivity index is 2.64. The molecule has 0 spiro atoms. The van der Waals surface area contributed by atoms with Crippen molar-refractivity contribution in [2.45, 2.75) is 77.7 Å². The Morgan fingerprint density at radius 3 is 2.44 bits per heavy atom. The molecule has 1 unspecified atom stereocenters. The summed E-state index contributed by atoms with van der Waals surface area (Å²) < 4.78 is 0. The monoisotopic (exact) mass is 254 g/mol. The third kappa shape index (κ3) is 4.18. The van der Waals surface area contributed by atoms with E-state index in [9.17, 15) is 4.79 Å². The summed E-state index contributed by atoms with van der Waals surface area (Å²) in [6.07, 6.45) is 9.55. The zero-order valence-corrected chi connectivity index (χ0v) is 12.4. The molecular formula is C15H30N2O. The minimum atomic E-state index is 0.0652. The fraction of sp³-hybridized carbons (Fsp3) is 0.933. The molecule has 106 valence electrons. The van der Waals surface area contributed by atoms with Crippen molar-refractivity contribution in [3.63, 3.8) is 0 Å². The number of nitrogens with zero attached hydrogens (tertiary/aromatic N) is 1. The number of carbonyl (C=O) groups is 1. The summed E-state index contributed by atoms with van der Waals surface area (Å²) in [6, 6.07) is 0.149. The topological polar surface area (TPSA) is 32.3 Å². The van der Waals surface area contributed by atoms with Crippen LogP contribution >= 0.6 is 0 Å². The molecule has 1 saturated heterocycles. The molecule has 1 heterocycles. The van der Waals surface area contributed by atoms with Gasteiger partial charge >= 0.3 is 6.03 Å². The van der Waals surface area contributed by atoms with Crippen LogP contribution in [-0.4, -0.2) is 29.6 Å². The van der Waals surface area contributed by atoms with E-state index in [2.05, 4.69) is 31.0 Å². The molecule has 0 aromatic heterocycles. The second-order valence-corrected chi connectivity index (χ2v) is 5.79. The maximum atomic E-state index is 12.1. The summed E-state index contributed by atoms with van der Waals surface area (Å²) in [4.78, 5) is 14.2. The predicted octanol–water partition coefficient (Wildman–Crippen LogP) is 3.93. The second kappa shape index (κ2) is 7.65. The van der Waals surface area contributed by atoms with Gasteiger partial charge in [-0.2, -0.15) is 0 Å². The van der Waals surface area contributed by atoms with E-state index in [1.807, 2.05) is 0 Å². The van der Waals surface area contributed by atoms with Gasteiger partial charge in [-0.15, -0.1) is 0 Å². The highest BCUT2D eigenvalue weighted by Crippen LogP contribution is 2.29. The zero-order chi connectivity index (χ0) is 13.4. The van der Waals surface area contributed by atoms with Crippen LogP contribution < -0.4 is 5.32 Å². The van der Waals surface area contributed by atoms with Gasteiger partial charge in [0.25, 0.3) is 0 Å². The summed E-state index contributed by atoms with van der Waals surface area (Å²) >= 11 is 0. The van der Waals surface area contributed by atoms with Crippen molar-refractivity contribution < 1.29 is 4.79 Å². The third-order valence-electron chi connectivity index (χ3n) is 4.12. The van der Waals surface area contributed by atoms with E-state index < -0.39 is 0 Å². The SMILES string of the molecule is CCCCCC(C)(CCCC)N1CCCNC1=O. The number of unbranched alkanes of at least 4 members (excludes halogenated alkanes) is 3. The number of hydrogen-bond acceptors (Lipinski definition) is 1. The Morgan fingerprint density at radius 1 is 1.17 bits per heavy atom. The zero-order valence-electron chi connectivity index (χ0n) is 12.4. The van der Waals surface area contributed by atoms with E-state index in [-0.39, 0.29) is 11.6 Å². The number of amides is 2. The third-order valence-corrected chi connectivity index (χ3v) is 4.12. The van der Waals surface area contributed by atoms with Crippen molar-refractivity contribution in [1.29, 1.82) is 0 Å². The molecule has 0 aromatic rings. The Bertz CT molecular complexity index is 255. The Labute approximate surface area is 112 Å². The molecule has 1 fully saturated rings. The lowest BCUT2D eigenvalue weighted by molar-refractivity contribution is 0.0930. The van der Waals surface area contributed by atoms with Crippen LogP contribution in [0, 0.1) is 0 Å². The molecule has 1 aliphatic heterocycles. The molecule has 0 saturated carbocycles. The molecule has 1 aliphatic rings. The van der Waals surface area contributed by atoms with Gasteiger partial charge in [-0.1, -0.05) is 46.0 Å². The fourth-order valence-electron chi connectivity index (χ4n) is 2.85. The van der Waals surface area contributed by atoms with Gasteiger partial charge in [-0.05, 0) is 26.2 Å². The number of urea groups is 1. The molecule has 1 N–H and O–H groups in total. The van der Waals surface area contributed by atoms with Crippen molar-refractivity contribution in [2.75, 3.05) is 13.1 Å². The van der Waals surface area contributed by atoms with Gasteiger partial charge in [-0.3, -0.25) is 0 Å². The molecule has 18 heavy (non-hydrogen) atoms. The van der Waals surface area contributed by atoms with Gasteiger partial charge in [0.1, 0.15) is 0 Å². The van der Waals surface area contributed by atoms with E-state index in [4.69, 9.17) is 0 Å². The maximum Gasteiger partial charge on any atom is 0.317 e. The fourth-order valence-corrected chi connectivity index (χ4v) is 2.85. The van der Waals surface area contributed by atoms with E-state index in [0.29, 0.717) is 0 Å². The standard InChI is InChI=1S/C15H30N2O/c1-4-6-8-11-15(3,10-7-5-2)17-13-9-12-16-14(17)18/h4-13H2,1-3H3,(H,16,18). The summed E-state index contributed by atoms with van der Waals surface area (Å²) in [5.41, 5.74) is 0.0652. The lowest BCUT2D eigenvalue weighted by Gasteiger charge is -2.44. The second-order valence-electron chi connectivity index (χ2n) is 5.79. The Hall–Kier alpha value is -0.730. The Morgan fingerprint density at radius 2 is 1.83 bits per heavy atom. The van der Waals surface area contributed by atoms with Gasteiger partial charge in [0, 0.05) is 18.6 Å². The summed E-state index contributed by atoms with van der Waals surface area (Å²) in [6.45, 7) is 8.51. The van der Waals surface area contributed by atoms with Crippen LogP contribution in [-0.2, 0) is 0 Å². The van der Waals surface area contributed by atoms with Gasteiger partial charge in [0.05, 0.1) is 0 Å². The van der Waals surface area contributed by atoms with E-state index in [1.54, 1.807) is 0 Å². The number of rotatable bonds is 8. The van der Waals surface area contributed by atoms with Gasteiger partial charge < -0.3 is 10.2 Å². The van der Waals surface area contributed by atoms with Crippen molar-refractivity contribution in [3.8, 4) is 0 Å². The van der Waals surface area contributed by atoms with Crippen LogP contribution in [0.5, 0.6) is 0 Å². The number of carbonyl (C=O) groups excluding carboxylic acids is 1. The molecule has 0 aromatic carbocycles. The first-order valence-electron chi connectivity index (χ1n) is 7.69. The van der Waals surface area contributed by atoms with Crippen LogP contribution in [0.1, 0.15) is 72.1 Å². The summed E-state index contributed by atoms with van der Waals surface area (Å²) in [5, 5.41) is 2.99. The van der Waals surface area contributed by atoms with E-state index >= 15 is 0 Å². The normalized spacial score (nSPS) is 19.5. The van der Waals surface area contributed by atoms with Gasteiger partial charge in [-0.25, -0.2) is 4.79 Å².